The monoisotopic (exact) mass is 269 g/mol. The molecule has 0 aliphatic carbocycles. The topological polar surface area (TPSA) is 57.6 Å². The Morgan fingerprint density at radius 3 is 2.47 bits per heavy atom. The number of aliphatic carboxylic acids is 1. The van der Waals surface area contributed by atoms with Crippen LogP contribution in [0.15, 0.2) is 0 Å². The number of unbranched alkanes of at least 4 members (excludes halogenated alkanes) is 5. The summed E-state index contributed by atoms with van der Waals surface area (Å²) in [5.41, 5.74) is 0. The van der Waals surface area contributed by atoms with Crippen LogP contribution in [-0.2, 0) is 9.59 Å². The number of piperidine rings is 1. The maximum absolute atomic E-state index is 12.1. The molecule has 0 aromatic carbocycles. The summed E-state index contributed by atoms with van der Waals surface area (Å²) in [5, 5.41) is 9.13. The van der Waals surface area contributed by atoms with Gasteiger partial charge in [-0.2, -0.15) is 0 Å². The third-order valence-corrected chi connectivity index (χ3v) is 3.85. The van der Waals surface area contributed by atoms with Crippen molar-refractivity contribution in [2.24, 2.45) is 0 Å². The summed E-state index contributed by atoms with van der Waals surface area (Å²) in [7, 11) is 0. The maximum Gasteiger partial charge on any atom is 0.326 e. The van der Waals surface area contributed by atoms with Crippen molar-refractivity contribution in [3.8, 4) is 0 Å². The normalized spacial score (nSPS) is 19.4. The van der Waals surface area contributed by atoms with Gasteiger partial charge in [-0.25, -0.2) is 4.79 Å². The summed E-state index contributed by atoms with van der Waals surface area (Å²) < 4.78 is 0. The summed E-state index contributed by atoms with van der Waals surface area (Å²) in [4.78, 5) is 24.8. The van der Waals surface area contributed by atoms with E-state index >= 15 is 0 Å². The van der Waals surface area contributed by atoms with Crippen LogP contribution in [0.3, 0.4) is 0 Å². The van der Waals surface area contributed by atoms with Crippen LogP contribution in [0.1, 0.15) is 71.1 Å². The molecule has 110 valence electrons. The first-order chi connectivity index (χ1) is 9.16. The average Bonchev–Trinajstić information content (AvgIpc) is 2.42. The second-order valence-electron chi connectivity index (χ2n) is 5.45. The van der Waals surface area contributed by atoms with Crippen LogP contribution in [0.5, 0.6) is 0 Å². The van der Waals surface area contributed by atoms with Crippen LogP contribution in [0.4, 0.5) is 0 Å². The average molecular weight is 269 g/mol. The number of carbonyl (C=O) groups excluding carboxylic acids is 1. The molecule has 1 heterocycles. The first-order valence-electron chi connectivity index (χ1n) is 7.69. The van der Waals surface area contributed by atoms with Crippen molar-refractivity contribution in [1.82, 2.24) is 4.90 Å². The predicted molar refractivity (Wildman–Crippen MR) is 75.0 cm³/mol. The lowest BCUT2D eigenvalue weighted by atomic mass is 10.0. The first-order valence-corrected chi connectivity index (χ1v) is 7.69. The standard InChI is InChI=1S/C15H27NO3/c1-2-3-4-5-6-7-11-14(17)16-12-9-8-10-13(16)15(18)19/h13H,2-12H2,1H3,(H,18,19). The van der Waals surface area contributed by atoms with Crippen LogP contribution < -0.4 is 0 Å². The molecule has 1 rings (SSSR count). The number of likely N-dealkylation sites (tertiary alicyclic amines) is 1. The van der Waals surface area contributed by atoms with Crippen LogP contribution >= 0.6 is 0 Å². The van der Waals surface area contributed by atoms with E-state index in [1.807, 2.05) is 0 Å². The van der Waals surface area contributed by atoms with Crippen molar-refractivity contribution in [2.75, 3.05) is 6.54 Å². The Bertz CT molecular complexity index is 291. The predicted octanol–water partition coefficient (Wildman–Crippen LogP) is 3.20. The molecular formula is C15H27NO3. The second-order valence-corrected chi connectivity index (χ2v) is 5.45. The third kappa shape index (κ3) is 5.62. The van der Waals surface area contributed by atoms with E-state index in [0.717, 1.165) is 25.7 Å². The Morgan fingerprint density at radius 2 is 1.79 bits per heavy atom. The van der Waals surface area contributed by atoms with E-state index in [2.05, 4.69) is 6.92 Å². The van der Waals surface area contributed by atoms with Gasteiger partial charge < -0.3 is 10.0 Å². The second kappa shape index (κ2) is 8.94. The van der Waals surface area contributed by atoms with Gasteiger partial charge in [0.1, 0.15) is 6.04 Å². The fourth-order valence-electron chi connectivity index (χ4n) is 2.69. The minimum atomic E-state index is -0.851. The zero-order valence-corrected chi connectivity index (χ0v) is 12.1. The minimum Gasteiger partial charge on any atom is -0.480 e. The smallest absolute Gasteiger partial charge is 0.326 e. The van der Waals surface area contributed by atoms with Crippen molar-refractivity contribution in [2.45, 2.75) is 77.2 Å². The molecule has 1 saturated heterocycles. The molecule has 4 heteroatoms. The fourth-order valence-corrected chi connectivity index (χ4v) is 2.69. The zero-order chi connectivity index (χ0) is 14.1. The van der Waals surface area contributed by atoms with Crippen LogP contribution in [-0.4, -0.2) is 34.5 Å². The molecule has 1 fully saturated rings. The zero-order valence-electron chi connectivity index (χ0n) is 12.1. The van der Waals surface area contributed by atoms with Gasteiger partial charge in [-0.15, -0.1) is 0 Å². The van der Waals surface area contributed by atoms with E-state index in [-0.39, 0.29) is 5.91 Å². The number of carbonyl (C=O) groups is 2. The summed E-state index contributed by atoms with van der Waals surface area (Å²) >= 11 is 0. The van der Waals surface area contributed by atoms with Gasteiger partial charge in [-0.05, 0) is 25.7 Å². The molecule has 0 aromatic heterocycles. The number of carboxylic acid groups (broad SMARTS) is 1. The molecule has 0 spiro atoms. The molecule has 1 N–H and O–H groups in total. The highest BCUT2D eigenvalue weighted by atomic mass is 16.4. The molecule has 1 aliphatic rings. The highest BCUT2D eigenvalue weighted by Gasteiger charge is 2.31. The molecule has 19 heavy (non-hydrogen) atoms. The van der Waals surface area contributed by atoms with Gasteiger partial charge in [-0.3, -0.25) is 4.79 Å². The Morgan fingerprint density at radius 1 is 1.11 bits per heavy atom. The lowest BCUT2D eigenvalue weighted by Crippen LogP contribution is -2.47. The van der Waals surface area contributed by atoms with E-state index < -0.39 is 12.0 Å². The number of hydrogen-bond acceptors (Lipinski definition) is 2. The van der Waals surface area contributed by atoms with E-state index in [1.54, 1.807) is 4.90 Å². The van der Waals surface area contributed by atoms with Gasteiger partial charge in [-0.1, -0.05) is 39.0 Å². The number of rotatable bonds is 8. The highest BCUT2D eigenvalue weighted by molar-refractivity contribution is 5.83. The fraction of sp³-hybridized carbons (Fsp3) is 0.867. The summed E-state index contributed by atoms with van der Waals surface area (Å²) in [6.07, 6.45) is 9.86. The molecule has 1 unspecified atom stereocenters. The van der Waals surface area contributed by atoms with Gasteiger partial charge in [0.25, 0.3) is 0 Å². The molecule has 0 bridgehead atoms. The molecular weight excluding hydrogens is 242 g/mol. The van der Waals surface area contributed by atoms with Gasteiger partial charge in [0.2, 0.25) is 5.91 Å². The molecule has 1 aliphatic heterocycles. The number of carboxylic acids is 1. The van der Waals surface area contributed by atoms with E-state index in [1.165, 1.54) is 25.7 Å². The minimum absolute atomic E-state index is 0.0302. The molecule has 0 radical (unpaired) electrons. The first kappa shape index (κ1) is 16.0. The molecule has 4 nitrogen and oxygen atoms in total. The Labute approximate surface area is 116 Å². The molecule has 1 atom stereocenters. The van der Waals surface area contributed by atoms with Crippen LogP contribution in [0.25, 0.3) is 0 Å². The van der Waals surface area contributed by atoms with Crippen molar-refractivity contribution in [1.29, 1.82) is 0 Å². The van der Waals surface area contributed by atoms with Crippen molar-refractivity contribution < 1.29 is 14.7 Å². The number of hydrogen-bond donors (Lipinski definition) is 1. The SMILES string of the molecule is CCCCCCCCC(=O)N1CCCCC1C(=O)O. The van der Waals surface area contributed by atoms with E-state index in [4.69, 9.17) is 5.11 Å². The quantitative estimate of drug-likeness (QED) is 0.688. The molecule has 1 amide bonds. The summed E-state index contributed by atoms with van der Waals surface area (Å²) in [6, 6.07) is -0.582. The van der Waals surface area contributed by atoms with Gasteiger partial charge in [0.15, 0.2) is 0 Å². The van der Waals surface area contributed by atoms with Crippen LogP contribution in [0, 0.1) is 0 Å². The molecule has 0 aromatic rings. The van der Waals surface area contributed by atoms with E-state index in [0.29, 0.717) is 19.4 Å². The lowest BCUT2D eigenvalue weighted by molar-refractivity contribution is -0.152. The third-order valence-electron chi connectivity index (χ3n) is 3.85. The van der Waals surface area contributed by atoms with Gasteiger partial charge in [0, 0.05) is 13.0 Å². The van der Waals surface area contributed by atoms with Gasteiger partial charge >= 0.3 is 5.97 Å². The Hall–Kier alpha value is -1.06. The Kier molecular flexibility index (Phi) is 7.53. The van der Waals surface area contributed by atoms with E-state index in [9.17, 15) is 9.59 Å². The van der Waals surface area contributed by atoms with Gasteiger partial charge in [0.05, 0.1) is 0 Å². The van der Waals surface area contributed by atoms with Crippen molar-refractivity contribution in [3.63, 3.8) is 0 Å². The number of nitrogens with zero attached hydrogens (tertiary/aromatic N) is 1. The highest BCUT2D eigenvalue weighted by Crippen LogP contribution is 2.19. The number of amides is 1. The van der Waals surface area contributed by atoms with Crippen molar-refractivity contribution >= 4 is 11.9 Å². The summed E-state index contributed by atoms with van der Waals surface area (Å²) in [5.74, 6) is -0.821. The molecule has 0 saturated carbocycles. The summed E-state index contributed by atoms with van der Waals surface area (Å²) in [6.45, 7) is 2.80. The Balaban J connectivity index is 2.25. The van der Waals surface area contributed by atoms with Crippen LogP contribution in [0.2, 0.25) is 0 Å². The maximum atomic E-state index is 12.1. The largest absolute Gasteiger partial charge is 0.480 e. The van der Waals surface area contributed by atoms with Crippen molar-refractivity contribution in [3.05, 3.63) is 0 Å². The lowest BCUT2D eigenvalue weighted by Gasteiger charge is -2.33.